The van der Waals surface area contributed by atoms with E-state index in [1.54, 1.807) is 16.2 Å². The molecule has 3 rings (SSSR count). The van der Waals surface area contributed by atoms with Crippen molar-refractivity contribution >= 4 is 22.9 Å². The van der Waals surface area contributed by atoms with Gasteiger partial charge in [0.1, 0.15) is 6.04 Å². The molecule has 0 saturated carbocycles. The summed E-state index contributed by atoms with van der Waals surface area (Å²) in [7, 11) is 1.84. The van der Waals surface area contributed by atoms with Crippen molar-refractivity contribution < 1.29 is 4.79 Å². The number of thiazole rings is 1. The maximum Gasteiger partial charge on any atom is 0.244 e. The van der Waals surface area contributed by atoms with E-state index in [0.717, 1.165) is 27.5 Å². The molecule has 1 atom stereocenters. The fourth-order valence-electron chi connectivity index (χ4n) is 2.84. The molecular weight excluding hydrogens is 342 g/mol. The van der Waals surface area contributed by atoms with Crippen LogP contribution in [0.25, 0.3) is 11.3 Å². The molecule has 0 aliphatic heterocycles. The first kappa shape index (κ1) is 18.1. The third-order valence-corrected chi connectivity index (χ3v) is 4.94. The van der Waals surface area contributed by atoms with Crippen molar-refractivity contribution in [3.05, 3.63) is 70.5 Å². The third kappa shape index (κ3) is 4.49. The molecule has 1 amide bonds. The van der Waals surface area contributed by atoms with Gasteiger partial charge in [0, 0.05) is 30.2 Å². The minimum absolute atomic E-state index is 0.0590. The average molecular weight is 366 g/mol. The number of carbonyl (C=O) groups is 1. The van der Waals surface area contributed by atoms with E-state index >= 15 is 0 Å². The lowest BCUT2D eigenvalue weighted by Gasteiger charge is -2.23. The molecule has 1 N–H and O–H groups in total. The highest BCUT2D eigenvalue weighted by Crippen LogP contribution is 2.24. The Morgan fingerprint density at radius 3 is 2.65 bits per heavy atom. The van der Waals surface area contributed by atoms with Gasteiger partial charge >= 0.3 is 0 Å². The largest absolute Gasteiger partial charge is 0.374 e. The molecule has 0 spiro atoms. The van der Waals surface area contributed by atoms with Gasteiger partial charge in [-0.15, -0.1) is 11.3 Å². The highest BCUT2D eigenvalue weighted by Gasteiger charge is 2.17. The second kappa shape index (κ2) is 8.15. The zero-order valence-corrected chi connectivity index (χ0v) is 16.1. The first-order chi connectivity index (χ1) is 12.5. The molecule has 0 saturated heterocycles. The molecule has 0 bridgehead atoms. The standard InChI is InChI=1S/C21H23N3OS/c1-15(21(25)24(3)13-17-8-5-4-6-9-17)22-19-11-7-10-18(12-19)20-14-26-16(2)23-20/h4-12,14-15,22H,13H2,1-3H3/t15-/m1/s1. The van der Waals surface area contributed by atoms with Gasteiger partial charge in [0.05, 0.1) is 10.7 Å². The van der Waals surface area contributed by atoms with Gasteiger partial charge in [0.25, 0.3) is 0 Å². The van der Waals surface area contributed by atoms with Crippen molar-refractivity contribution in [2.24, 2.45) is 0 Å². The number of carbonyl (C=O) groups excluding carboxylic acids is 1. The topological polar surface area (TPSA) is 45.2 Å². The van der Waals surface area contributed by atoms with Crippen molar-refractivity contribution in [3.63, 3.8) is 0 Å². The number of hydrogen-bond acceptors (Lipinski definition) is 4. The maximum absolute atomic E-state index is 12.7. The van der Waals surface area contributed by atoms with Crippen LogP contribution in [0.5, 0.6) is 0 Å². The molecule has 4 nitrogen and oxygen atoms in total. The Kier molecular flexibility index (Phi) is 5.68. The first-order valence-electron chi connectivity index (χ1n) is 8.61. The number of anilines is 1. The van der Waals surface area contributed by atoms with E-state index in [1.165, 1.54) is 0 Å². The fraction of sp³-hybridized carbons (Fsp3) is 0.238. The van der Waals surface area contributed by atoms with Crippen LogP contribution in [0.3, 0.4) is 0 Å². The van der Waals surface area contributed by atoms with Crippen molar-refractivity contribution in [3.8, 4) is 11.3 Å². The average Bonchev–Trinajstić information content (AvgIpc) is 3.08. The molecule has 0 aliphatic carbocycles. The van der Waals surface area contributed by atoms with Crippen LogP contribution in [-0.4, -0.2) is 28.9 Å². The van der Waals surface area contributed by atoms with Crippen molar-refractivity contribution in [2.75, 3.05) is 12.4 Å². The summed E-state index contributed by atoms with van der Waals surface area (Å²) >= 11 is 1.64. The number of likely N-dealkylation sites (N-methyl/N-ethyl adjacent to an activating group) is 1. The highest BCUT2D eigenvalue weighted by atomic mass is 32.1. The quantitative estimate of drug-likeness (QED) is 0.695. The summed E-state index contributed by atoms with van der Waals surface area (Å²) in [5, 5.41) is 6.41. The molecular formula is C21H23N3OS. The van der Waals surface area contributed by atoms with Crippen LogP contribution in [0, 0.1) is 6.92 Å². The molecule has 0 unspecified atom stereocenters. The summed E-state index contributed by atoms with van der Waals surface area (Å²) in [5.41, 5.74) is 4.06. The Morgan fingerprint density at radius 1 is 1.19 bits per heavy atom. The van der Waals surface area contributed by atoms with E-state index in [9.17, 15) is 4.79 Å². The Balaban J connectivity index is 1.65. The highest BCUT2D eigenvalue weighted by molar-refractivity contribution is 7.09. The van der Waals surface area contributed by atoms with Crippen LogP contribution in [0.4, 0.5) is 5.69 Å². The predicted octanol–water partition coefficient (Wildman–Crippen LogP) is 4.58. The zero-order valence-electron chi connectivity index (χ0n) is 15.3. The zero-order chi connectivity index (χ0) is 18.5. The van der Waals surface area contributed by atoms with E-state index in [-0.39, 0.29) is 11.9 Å². The molecule has 134 valence electrons. The SMILES string of the molecule is Cc1nc(-c2cccc(N[C@H](C)C(=O)N(C)Cc3ccccc3)c2)cs1. The number of hydrogen-bond donors (Lipinski definition) is 1. The normalized spacial score (nSPS) is 11.8. The molecule has 1 aromatic heterocycles. The number of rotatable bonds is 6. The van der Waals surface area contributed by atoms with Crippen molar-refractivity contribution in [2.45, 2.75) is 26.4 Å². The molecule has 26 heavy (non-hydrogen) atoms. The Bertz CT molecular complexity index is 876. The van der Waals surface area contributed by atoms with Crippen LogP contribution in [-0.2, 0) is 11.3 Å². The van der Waals surface area contributed by atoms with E-state index in [4.69, 9.17) is 0 Å². The van der Waals surface area contributed by atoms with Gasteiger partial charge in [-0.1, -0.05) is 42.5 Å². The fourth-order valence-corrected chi connectivity index (χ4v) is 3.46. The van der Waals surface area contributed by atoms with Gasteiger partial charge in [-0.05, 0) is 31.5 Å². The smallest absolute Gasteiger partial charge is 0.244 e. The Hall–Kier alpha value is -2.66. The lowest BCUT2D eigenvalue weighted by atomic mass is 10.1. The number of benzene rings is 2. The van der Waals surface area contributed by atoms with Gasteiger partial charge in [0.15, 0.2) is 0 Å². The van der Waals surface area contributed by atoms with Crippen LogP contribution in [0.15, 0.2) is 60.0 Å². The van der Waals surface area contributed by atoms with Gasteiger partial charge in [-0.25, -0.2) is 4.98 Å². The predicted molar refractivity (Wildman–Crippen MR) is 108 cm³/mol. The van der Waals surface area contributed by atoms with Gasteiger partial charge in [-0.3, -0.25) is 4.79 Å². The molecule has 1 heterocycles. The minimum Gasteiger partial charge on any atom is -0.374 e. The number of aromatic nitrogens is 1. The van der Waals surface area contributed by atoms with Crippen LogP contribution < -0.4 is 5.32 Å². The van der Waals surface area contributed by atoms with Gasteiger partial charge in [-0.2, -0.15) is 0 Å². The van der Waals surface area contributed by atoms with Gasteiger partial charge in [0.2, 0.25) is 5.91 Å². The van der Waals surface area contributed by atoms with Crippen molar-refractivity contribution in [1.82, 2.24) is 9.88 Å². The second-order valence-electron chi connectivity index (χ2n) is 6.38. The van der Waals surface area contributed by atoms with Crippen LogP contribution in [0.1, 0.15) is 17.5 Å². The number of aryl methyl sites for hydroxylation is 1. The number of nitrogens with one attached hydrogen (secondary N) is 1. The van der Waals surface area contributed by atoms with Crippen LogP contribution in [0.2, 0.25) is 0 Å². The third-order valence-electron chi connectivity index (χ3n) is 4.17. The lowest BCUT2D eigenvalue weighted by Crippen LogP contribution is -2.38. The number of nitrogens with zero attached hydrogens (tertiary/aromatic N) is 2. The summed E-state index contributed by atoms with van der Waals surface area (Å²) in [6.45, 7) is 4.49. The van der Waals surface area contributed by atoms with E-state index in [0.29, 0.717) is 6.54 Å². The van der Waals surface area contributed by atoms with E-state index in [1.807, 2.05) is 75.5 Å². The van der Waals surface area contributed by atoms with Crippen molar-refractivity contribution in [1.29, 1.82) is 0 Å². The summed E-state index contributed by atoms with van der Waals surface area (Å²) in [6, 6.07) is 17.7. The first-order valence-corrected chi connectivity index (χ1v) is 9.49. The molecule has 2 aromatic carbocycles. The molecule has 3 aromatic rings. The van der Waals surface area contributed by atoms with Gasteiger partial charge < -0.3 is 10.2 Å². The van der Waals surface area contributed by atoms with E-state index in [2.05, 4.69) is 15.7 Å². The Morgan fingerprint density at radius 2 is 1.96 bits per heavy atom. The molecule has 0 aliphatic rings. The van der Waals surface area contributed by atoms with E-state index < -0.39 is 0 Å². The maximum atomic E-state index is 12.7. The number of amides is 1. The second-order valence-corrected chi connectivity index (χ2v) is 7.44. The minimum atomic E-state index is -0.309. The summed E-state index contributed by atoms with van der Waals surface area (Å²) < 4.78 is 0. The summed E-state index contributed by atoms with van der Waals surface area (Å²) in [4.78, 5) is 18.9. The Labute approximate surface area is 158 Å². The molecule has 0 fully saturated rings. The molecule has 5 heteroatoms. The van der Waals surface area contributed by atoms with Crippen LogP contribution >= 0.6 is 11.3 Å². The lowest BCUT2D eigenvalue weighted by molar-refractivity contribution is -0.130. The molecule has 0 radical (unpaired) electrons. The monoisotopic (exact) mass is 365 g/mol. The summed E-state index contributed by atoms with van der Waals surface area (Å²) in [6.07, 6.45) is 0. The summed E-state index contributed by atoms with van der Waals surface area (Å²) in [5.74, 6) is 0.0590.